The second-order valence-electron chi connectivity index (χ2n) is 13.2. The highest BCUT2D eigenvalue weighted by Crippen LogP contribution is 2.51. The van der Waals surface area contributed by atoms with Crippen LogP contribution in [-0.2, 0) is 27.1 Å². The fourth-order valence-corrected chi connectivity index (χ4v) is 6.95. The van der Waals surface area contributed by atoms with Gasteiger partial charge in [0, 0.05) is 25.0 Å². The summed E-state index contributed by atoms with van der Waals surface area (Å²) < 4.78 is 11.3. The van der Waals surface area contributed by atoms with Crippen molar-refractivity contribution < 1.29 is 29.0 Å². The van der Waals surface area contributed by atoms with Crippen LogP contribution in [0.1, 0.15) is 61.4 Å². The molecule has 0 spiro atoms. The highest BCUT2D eigenvalue weighted by atomic mass is 16.6. The van der Waals surface area contributed by atoms with E-state index < -0.39 is 53.4 Å². The van der Waals surface area contributed by atoms with Crippen molar-refractivity contribution in [3.63, 3.8) is 0 Å². The van der Waals surface area contributed by atoms with E-state index in [-0.39, 0.29) is 24.7 Å². The lowest BCUT2D eigenvalue weighted by atomic mass is 9.74. The number of carbonyl (C=O) groups excluding carboxylic acids is 3. The van der Waals surface area contributed by atoms with Gasteiger partial charge >= 0.3 is 12.2 Å². The molecule has 1 saturated heterocycles. The lowest BCUT2D eigenvalue weighted by molar-refractivity contribution is -0.127. The number of aliphatic imine (C=N–C) groups is 1. The van der Waals surface area contributed by atoms with Crippen molar-refractivity contribution in [2.24, 2.45) is 10.9 Å². The fourth-order valence-electron chi connectivity index (χ4n) is 6.95. The van der Waals surface area contributed by atoms with Gasteiger partial charge in [-0.25, -0.2) is 9.59 Å². The number of aliphatic hydroxyl groups is 1. The Balaban J connectivity index is 1.32. The van der Waals surface area contributed by atoms with E-state index in [0.29, 0.717) is 6.42 Å². The Morgan fingerprint density at radius 2 is 1.60 bits per heavy atom. The number of ether oxygens (including phenoxy) is 2. The molecule has 3 aromatic carbocycles. The molecule has 0 saturated carbocycles. The van der Waals surface area contributed by atoms with E-state index in [9.17, 15) is 19.5 Å². The maximum absolute atomic E-state index is 14.7. The second-order valence-corrected chi connectivity index (χ2v) is 13.2. The normalized spacial score (nSPS) is 26.4. The first-order valence-electron chi connectivity index (χ1n) is 15.4. The van der Waals surface area contributed by atoms with Crippen molar-refractivity contribution in [1.82, 2.24) is 10.6 Å². The predicted octanol–water partition coefficient (Wildman–Crippen LogP) is 5.07. The van der Waals surface area contributed by atoms with E-state index in [4.69, 9.17) is 14.5 Å². The molecule has 1 aliphatic carbocycles. The lowest BCUT2D eigenvalue weighted by Crippen LogP contribution is -2.51. The van der Waals surface area contributed by atoms with Gasteiger partial charge in [-0.15, -0.1) is 0 Å². The van der Waals surface area contributed by atoms with Gasteiger partial charge in [0.15, 0.2) is 5.78 Å². The summed E-state index contributed by atoms with van der Waals surface area (Å²) in [5.41, 5.74) is 1.66. The monoisotopic (exact) mass is 609 g/mol. The van der Waals surface area contributed by atoms with E-state index in [1.54, 1.807) is 27.0 Å². The van der Waals surface area contributed by atoms with E-state index in [1.807, 2.05) is 84.9 Å². The van der Waals surface area contributed by atoms with Crippen LogP contribution in [0.15, 0.2) is 89.9 Å². The first kappa shape index (κ1) is 30.5. The van der Waals surface area contributed by atoms with Crippen molar-refractivity contribution >= 4 is 24.2 Å². The summed E-state index contributed by atoms with van der Waals surface area (Å²) in [4.78, 5) is 44.8. The van der Waals surface area contributed by atoms with E-state index in [1.165, 1.54) is 0 Å². The number of alkyl carbamates (subject to hydrolysis) is 2. The van der Waals surface area contributed by atoms with Crippen LogP contribution < -0.4 is 10.6 Å². The molecule has 9 heteroatoms. The Kier molecular flexibility index (Phi) is 8.22. The topological polar surface area (TPSA) is 126 Å². The molecule has 9 nitrogen and oxygen atoms in total. The molecule has 3 aliphatic rings. The largest absolute Gasteiger partial charge is 0.444 e. The number of hydrogen-bond acceptors (Lipinski definition) is 7. The Morgan fingerprint density at radius 3 is 2.27 bits per heavy atom. The number of aliphatic hydroxyl groups excluding tert-OH is 1. The summed E-state index contributed by atoms with van der Waals surface area (Å²) in [5, 5.41) is 17.6. The van der Waals surface area contributed by atoms with Crippen LogP contribution in [0.5, 0.6) is 0 Å². The number of amides is 2. The van der Waals surface area contributed by atoms with E-state index in [0.717, 1.165) is 22.3 Å². The van der Waals surface area contributed by atoms with Crippen LogP contribution in [0.25, 0.3) is 0 Å². The van der Waals surface area contributed by atoms with Crippen molar-refractivity contribution in [2.75, 3.05) is 0 Å². The van der Waals surface area contributed by atoms with Crippen LogP contribution >= 0.6 is 0 Å². The van der Waals surface area contributed by atoms with Gasteiger partial charge < -0.3 is 25.2 Å². The molecule has 0 radical (unpaired) electrons. The Labute approximate surface area is 263 Å². The second kappa shape index (κ2) is 12.1. The summed E-state index contributed by atoms with van der Waals surface area (Å²) in [6.45, 7) is 5.33. The maximum atomic E-state index is 14.7. The molecule has 2 aliphatic heterocycles. The van der Waals surface area contributed by atoms with Gasteiger partial charge in [-0.05, 0) is 49.4 Å². The molecule has 3 aromatic rings. The van der Waals surface area contributed by atoms with Gasteiger partial charge in [-0.2, -0.15) is 0 Å². The van der Waals surface area contributed by atoms with Gasteiger partial charge in [0.25, 0.3) is 0 Å². The summed E-state index contributed by atoms with van der Waals surface area (Å²) in [7, 11) is 0. The molecule has 0 bridgehead atoms. The molecule has 2 unspecified atom stereocenters. The average Bonchev–Trinajstić information content (AvgIpc) is 3.62. The smallest absolute Gasteiger partial charge is 0.408 e. The van der Waals surface area contributed by atoms with E-state index >= 15 is 0 Å². The Morgan fingerprint density at radius 1 is 0.978 bits per heavy atom. The summed E-state index contributed by atoms with van der Waals surface area (Å²) >= 11 is 0. The molecule has 2 amide bonds. The first-order chi connectivity index (χ1) is 21.5. The number of Topliss-reactive ketones (excluding diaryl/α,β-unsaturated/α-hetero) is 1. The van der Waals surface area contributed by atoms with E-state index in [2.05, 4.69) is 10.6 Å². The standard InChI is InChI=1S/C36H39N3O6/c1-35(2,3)45-34(43)38-27(18-22-12-6-4-7-13-22)28(40)20-36(19-23-14-8-5-9-15-23)32(41)26(21-37-36)29-24-16-10-11-17-25(24)30-31(29)44-33(42)39-30/h4-17,21,26-31,40H,18-20H2,1-3H3,(H,38,43)(H,39,42)/t26?,27-,28-,29?,30+,31-,36-/m0/s1. The molecule has 7 atom stereocenters. The number of benzene rings is 3. The third-order valence-electron chi connectivity index (χ3n) is 8.87. The Bertz CT molecular complexity index is 1590. The zero-order valence-electron chi connectivity index (χ0n) is 25.7. The van der Waals surface area contributed by atoms with Gasteiger partial charge in [0.05, 0.1) is 24.1 Å². The van der Waals surface area contributed by atoms with Crippen LogP contribution in [0.3, 0.4) is 0 Å². The number of fused-ring (bicyclic) bond motifs is 3. The van der Waals surface area contributed by atoms with Gasteiger partial charge in [-0.3, -0.25) is 9.79 Å². The number of ketones is 1. The number of rotatable bonds is 9. The number of hydrogen-bond donors (Lipinski definition) is 3. The Hall–Kier alpha value is -4.50. The SMILES string of the molecule is CC(C)(C)OC(=O)N[C@@H](Cc1ccccc1)[C@@H](O)C[C@]1(Cc2ccccc2)N=CC(C2c3ccccc3[C@H]3NC(=O)O[C@@H]23)C1=O. The van der Waals surface area contributed by atoms with Gasteiger partial charge in [-0.1, -0.05) is 84.9 Å². The average molecular weight is 610 g/mol. The van der Waals surface area contributed by atoms with Gasteiger partial charge in [0.1, 0.15) is 17.2 Å². The molecule has 45 heavy (non-hydrogen) atoms. The molecule has 6 rings (SSSR count). The number of carbonyl (C=O) groups is 3. The molecule has 234 valence electrons. The molecular formula is C36H39N3O6. The number of nitrogens with one attached hydrogen (secondary N) is 2. The van der Waals surface area contributed by atoms with Crippen molar-refractivity contribution in [3.8, 4) is 0 Å². The van der Waals surface area contributed by atoms with Crippen LogP contribution in [0.2, 0.25) is 0 Å². The summed E-state index contributed by atoms with van der Waals surface area (Å²) in [6, 6.07) is 25.8. The molecule has 0 aromatic heterocycles. The zero-order valence-corrected chi connectivity index (χ0v) is 25.7. The fraction of sp³-hybridized carbons (Fsp3) is 0.389. The molecular weight excluding hydrogens is 570 g/mol. The highest BCUT2D eigenvalue weighted by Gasteiger charge is 2.57. The van der Waals surface area contributed by atoms with Crippen molar-refractivity contribution in [2.45, 2.75) is 81.4 Å². The minimum absolute atomic E-state index is 0.0263. The van der Waals surface area contributed by atoms with Gasteiger partial charge in [0.2, 0.25) is 0 Å². The maximum Gasteiger partial charge on any atom is 0.408 e. The third-order valence-corrected chi connectivity index (χ3v) is 8.87. The number of nitrogens with zero attached hydrogens (tertiary/aromatic N) is 1. The van der Waals surface area contributed by atoms with Crippen LogP contribution in [-0.4, -0.2) is 58.7 Å². The van der Waals surface area contributed by atoms with Crippen molar-refractivity contribution in [3.05, 3.63) is 107 Å². The molecule has 2 heterocycles. The third kappa shape index (κ3) is 6.35. The summed E-state index contributed by atoms with van der Waals surface area (Å²) in [5.74, 6) is -1.24. The summed E-state index contributed by atoms with van der Waals surface area (Å²) in [6.07, 6.45) is -0.600. The minimum Gasteiger partial charge on any atom is -0.444 e. The highest BCUT2D eigenvalue weighted by molar-refractivity contribution is 6.07. The van der Waals surface area contributed by atoms with Crippen LogP contribution in [0, 0.1) is 5.92 Å². The minimum atomic E-state index is -1.31. The van der Waals surface area contributed by atoms with Crippen LogP contribution in [0.4, 0.5) is 9.59 Å². The first-order valence-corrected chi connectivity index (χ1v) is 15.4. The molecule has 1 fully saturated rings. The quantitative estimate of drug-likeness (QED) is 0.311. The lowest BCUT2D eigenvalue weighted by Gasteiger charge is -2.33. The predicted molar refractivity (Wildman–Crippen MR) is 169 cm³/mol. The van der Waals surface area contributed by atoms with Crippen molar-refractivity contribution in [1.29, 1.82) is 0 Å². The molecule has 3 N–H and O–H groups in total. The zero-order chi connectivity index (χ0) is 31.8.